The summed E-state index contributed by atoms with van der Waals surface area (Å²) in [5.74, 6) is 0.755. The minimum Gasteiger partial charge on any atom is -0.494 e. The third-order valence-corrected chi connectivity index (χ3v) is 4.89. The van der Waals surface area contributed by atoms with Gasteiger partial charge < -0.3 is 14.8 Å². The number of nitro benzene ring substituents is 1. The lowest BCUT2D eigenvalue weighted by molar-refractivity contribution is -0.384. The molecular formula is C21H25BrN2O5. The fourth-order valence-electron chi connectivity index (χ4n) is 2.61. The number of carbonyl (C=O) groups is 1. The second-order valence-electron chi connectivity index (χ2n) is 7.54. The maximum atomic E-state index is 12.2. The van der Waals surface area contributed by atoms with Gasteiger partial charge in [0.05, 0.1) is 34.9 Å². The maximum absolute atomic E-state index is 12.2. The van der Waals surface area contributed by atoms with Gasteiger partial charge in [-0.3, -0.25) is 14.9 Å². The number of ether oxygens (including phenoxy) is 2. The number of nitrogens with zero attached hydrogens (tertiary/aromatic N) is 1. The summed E-state index contributed by atoms with van der Waals surface area (Å²) in [5.41, 5.74) is 1.55. The van der Waals surface area contributed by atoms with Gasteiger partial charge >= 0.3 is 0 Å². The van der Waals surface area contributed by atoms with E-state index in [1.54, 1.807) is 0 Å². The molecule has 7 nitrogen and oxygen atoms in total. The van der Waals surface area contributed by atoms with Gasteiger partial charge in [-0.2, -0.15) is 0 Å². The zero-order chi connectivity index (χ0) is 21.6. The van der Waals surface area contributed by atoms with E-state index in [9.17, 15) is 14.9 Å². The predicted molar refractivity (Wildman–Crippen MR) is 116 cm³/mol. The molecule has 0 aromatic heterocycles. The highest BCUT2D eigenvalue weighted by atomic mass is 79.9. The van der Waals surface area contributed by atoms with Crippen LogP contribution in [0, 0.1) is 10.1 Å². The number of nitrogens with one attached hydrogen (secondary N) is 1. The number of methoxy groups -OCH3 is 1. The fourth-order valence-corrected chi connectivity index (χ4v) is 3.10. The molecule has 0 heterocycles. The zero-order valence-corrected chi connectivity index (χ0v) is 18.5. The number of rotatable bonds is 8. The average molecular weight is 465 g/mol. The van der Waals surface area contributed by atoms with Crippen LogP contribution in [0.15, 0.2) is 40.9 Å². The molecule has 2 aromatic rings. The summed E-state index contributed by atoms with van der Waals surface area (Å²) in [4.78, 5) is 22.5. The van der Waals surface area contributed by atoms with Gasteiger partial charge in [0.25, 0.3) is 5.69 Å². The summed E-state index contributed by atoms with van der Waals surface area (Å²) in [6, 6.07) is 10.1. The molecule has 156 valence electrons. The van der Waals surface area contributed by atoms with Crippen molar-refractivity contribution >= 4 is 33.2 Å². The molecule has 8 heteroatoms. The second kappa shape index (κ2) is 9.73. The van der Waals surface area contributed by atoms with E-state index in [1.807, 2.05) is 18.2 Å². The number of nitro groups is 1. The molecule has 2 aromatic carbocycles. The largest absolute Gasteiger partial charge is 0.494 e. The van der Waals surface area contributed by atoms with Gasteiger partial charge in [-0.15, -0.1) is 0 Å². The van der Waals surface area contributed by atoms with E-state index in [0.717, 1.165) is 10.2 Å². The molecule has 0 spiro atoms. The highest BCUT2D eigenvalue weighted by Crippen LogP contribution is 2.32. The van der Waals surface area contributed by atoms with Crippen LogP contribution in [0.2, 0.25) is 0 Å². The topological polar surface area (TPSA) is 90.7 Å². The molecule has 0 fully saturated rings. The molecular weight excluding hydrogens is 440 g/mol. The lowest BCUT2D eigenvalue weighted by atomic mass is 9.87. The van der Waals surface area contributed by atoms with Crippen LogP contribution in [0.1, 0.15) is 39.2 Å². The van der Waals surface area contributed by atoms with E-state index < -0.39 is 4.92 Å². The predicted octanol–water partition coefficient (Wildman–Crippen LogP) is 5.46. The standard InChI is InChI=1S/C21H25BrN2O5/c1-21(2,3)14-7-10-18(16(22)12-14)29-11-5-6-20(25)23-17-9-8-15(24(26)27)13-19(17)28-4/h7-10,12-13H,5-6,11H2,1-4H3,(H,23,25). The summed E-state index contributed by atoms with van der Waals surface area (Å²) in [5, 5.41) is 13.5. The van der Waals surface area contributed by atoms with Crippen LogP contribution in [0.25, 0.3) is 0 Å². The number of hydrogen-bond donors (Lipinski definition) is 1. The minimum absolute atomic E-state index is 0.0536. The number of non-ortho nitro benzene ring substituents is 1. The number of halogens is 1. The van der Waals surface area contributed by atoms with Crippen molar-refractivity contribution in [3.63, 3.8) is 0 Å². The van der Waals surface area contributed by atoms with Crippen LogP contribution >= 0.6 is 15.9 Å². The Hall–Kier alpha value is -2.61. The Morgan fingerprint density at radius 3 is 2.48 bits per heavy atom. The molecule has 1 N–H and O–H groups in total. The number of benzene rings is 2. The van der Waals surface area contributed by atoms with Crippen LogP contribution in [0.4, 0.5) is 11.4 Å². The second-order valence-corrected chi connectivity index (χ2v) is 8.39. The minimum atomic E-state index is -0.516. The van der Waals surface area contributed by atoms with Gasteiger partial charge in [-0.05, 0) is 51.5 Å². The highest BCUT2D eigenvalue weighted by Gasteiger charge is 2.16. The van der Waals surface area contributed by atoms with Crippen molar-refractivity contribution in [3.05, 3.63) is 56.5 Å². The summed E-state index contributed by atoms with van der Waals surface area (Å²) in [6.07, 6.45) is 0.770. The van der Waals surface area contributed by atoms with Crippen molar-refractivity contribution in [3.8, 4) is 11.5 Å². The first-order chi connectivity index (χ1) is 13.6. The van der Waals surface area contributed by atoms with Crippen molar-refractivity contribution in [2.24, 2.45) is 0 Å². The molecule has 0 atom stereocenters. The van der Waals surface area contributed by atoms with E-state index in [1.165, 1.54) is 30.9 Å². The lowest BCUT2D eigenvalue weighted by Crippen LogP contribution is -2.14. The Morgan fingerprint density at radius 2 is 1.90 bits per heavy atom. The van der Waals surface area contributed by atoms with E-state index in [2.05, 4.69) is 42.0 Å². The van der Waals surface area contributed by atoms with E-state index in [4.69, 9.17) is 9.47 Å². The molecule has 0 aliphatic rings. The Labute approximate surface area is 178 Å². The first-order valence-corrected chi connectivity index (χ1v) is 9.96. The third kappa shape index (κ3) is 6.45. The number of hydrogen-bond acceptors (Lipinski definition) is 5. The first kappa shape index (κ1) is 22.7. The molecule has 0 bridgehead atoms. The molecule has 2 rings (SSSR count). The summed E-state index contributed by atoms with van der Waals surface area (Å²) in [6.45, 7) is 6.83. The summed E-state index contributed by atoms with van der Waals surface area (Å²) in [7, 11) is 1.39. The van der Waals surface area contributed by atoms with Crippen molar-refractivity contribution in [1.82, 2.24) is 0 Å². The van der Waals surface area contributed by atoms with Gasteiger partial charge in [-0.1, -0.05) is 26.8 Å². The molecule has 29 heavy (non-hydrogen) atoms. The van der Waals surface area contributed by atoms with E-state index in [-0.39, 0.29) is 29.2 Å². The van der Waals surface area contributed by atoms with Crippen LogP contribution in [0.3, 0.4) is 0 Å². The normalized spacial score (nSPS) is 11.1. The van der Waals surface area contributed by atoms with Crippen LogP contribution in [-0.2, 0) is 10.2 Å². The first-order valence-electron chi connectivity index (χ1n) is 9.17. The molecule has 0 aliphatic heterocycles. The Morgan fingerprint density at radius 1 is 1.17 bits per heavy atom. The van der Waals surface area contributed by atoms with Crippen LogP contribution < -0.4 is 14.8 Å². The molecule has 0 unspecified atom stereocenters. The Kier molecular flexibility index (Phi) is 7.61. The van der Waals surface area contributed by atoms with Gasteiger partial charge in [0.1, 0.15) is 11.5 Å². The van der Waals surface area contributed by atoms with Gasteiger partial charge in [-0.25, -0.2) is 0 Å². The third-order valence-electron chi connectivity index (χ3n) is 4.27. The maximum Gasteiger partial charge on any atom is 0.273 e. The van der Waals surface area contributed by atoms with Crippen molar-refractivity contribution in [1.29, 1.82) is 0 Å². The summed E-state index contributed by atoms with van der Waals surface area (Å²) < 4.78 is 11.8. The zero-order valence-electron chi connectivity index (χ0n) is 17.0. The summed E-state index contributed by atoms with van der Waals surface area (Å²) >= 11 is 3.53. The average Bonchev–Trinajstić information content (AvgIpc) is 2.65. The highest BCUT2D eigenvalue weighted by molar-refractivity contribution is 9.10. The number of anilines is 1. The number of carbonyl (C=O) groups excluding carboxylic acids is 1. The monoisotopic (exact) mass is 464 g/mol. The van der Waals surface area contributed by atoms with Crippen molar-refractivity contribution < 1.29 is 19.2 Å². The molecule has 1 amide bonds. The smallest absolute Gasteiger partial charge is 0.273 e. The van der Waals surface area contributed by atoms with Gasteiger partial charge in [0, 0.05) is 12.5 Å². The SMILES string of the molecule is COc1cc([N+](=O)[O-])ccc1NC(=O)CCCOc1ccc(C(C)(C)C)cc1Br. The van der Waals surface area contributed by atoms with E-state index >= 15 is 0 Å². The van der Waals surface area contributed by atoms with Crippen LogP contribution in [-0.4, -0.2) is 24.5 Å². The van der Waals surface area contributed by atoms with E-state index in [0.29, 0.717) is 18.7 Å². The molecule has 0 radical (unpaired) electrons. The molecule has 0 aliphatic carbocycles. The Bertz CT molecular complexity index is 893. The van der Waals surface area contributed by atoms with Gasteiger partial charge in [0.2, 0.25) is 5.91 Å². The van der Waals surface area contributed by atoms with Crippen molar-refractivity contribution in [2.75, 3.05) is 19.0 Å². The lowest BCUT2D eigenvalue weighted by Gasteiger charge is -2.20. The van der Waals surface area contributed by atoms with Gasteiger partial charge in [0.15, 0.2) is 0 Å². The van der Waals surface area contributed by atoms with Crippen molar-refractivity contribution in [2.45, 2.75) is 39.0 Å². The Balaban J connectivity index is 1.86. The molecule has 0 saturated heterocycles. The quantitative estimate of drug-likeness (QED) is 0.318. The molecule has 0 saturated carbocycles. The van der Waals surface area contributed by atoms with Crippen LogP contribution in [0.5, 0.6) is 11.5 Å². The number of amides is 1. The fraction of sp³-hybridized carbons (Fsp3) is 0.381.